The van der Waals surface area contributed by atoms with Gasteiger partial charge in [-0.3, -0.25) is 9.20 Å². The fraction of sp³-hybridized carbons (Fsp3) is 0.412. The monoisotopic (exact) mass is 317 g/mol. The molecule has 116 valence electrons. The number of pyridine rings is 1. The highest BCUT2D eigenvalue weighted by atomic mass is 35.5. The summed E-state index contributed by atoms with van der Waals surface area (Å²) < 4.78 is 1.88. The van der Waals surface area contributed by atoms with E-state index in [1.54, 1.807) is 12.2 Å². The van der Waals surface area contributed by atoms with Crippen LogP contribution in [-0.4, -0.2) is 33.3 Å². The minimum Gasteiger partial charge on any atom is -0.339 e. The predicted molar refractivity (Wildman–Crippen MR) is 88.9 cm³/mol. The summed E-state index contributed by atoms with van der Waals surface area (Å²) in [4.78, 5) is 18.5. The maximum absolute atomic E-state index is 12.4. The van der Waals surface area contributed by atoms with Crippen molar-refractivity contribution in [3.8, 4) is 0 Å². The Hall–Kier alpha value is -1.81. The minimum absolute atomic E-state index is 0.0221. The first kappa shape index (κ1) is 15.1. The average molecular weight is 318 g/mol. The molecule has 2 aromatic heterocycles. The summed E-state index contributed by atoms with van der Waals surface area (Å²) >= 11 is 6.17. The van der Waals surface area contributed by atoms with Crippen molar-refractivity contribution in [3.63, 3.8) is 0 Å². The van der Waals surface area contributed by atoms with Gasteiger partial charge in [0, 0.05) is 25.4 Å². The molecular formula is C17H20ClN3O. The molecule has 0 N–H and O–H groups in total. The van der Waals surface area contributed by atoms with Crippen LogP contribution in [0.25, 0.3) is 11.7 Å². The second-order valence-electron chi connectivity index (χ2n) is 5.79. The second kappa shape index (κ2) is 6.53. The number of rotatable bonds is 3. The molecule has 1 aliphatic rings. The van der Waals surface area contributed by atoms with E-state index in [2.05, 4.69) is 4.98 Å². The van der Waals surface area contributed by atoms with E-state index < -0.39 is 0 Å². The number of nitrogens with zero attached hydrogens (tertiary/aromatic N) is 3. The van der Waals surface area contributed by atoms with Crippen LogP contribution in [0.5, 0.6) is 0 Å². The Balaban J connectivity index is 1.77. The van der Waals surface area contributed by atoms with E-state index in [1.165, 1.54) is 19.3 Å². The summed E-state index contributed by atoms with van der Waals surface area (Å²) in [6, 6.07) is 6.08. The van der Waals surface area contributed by atoms with Gasteiger partial charge in [-0.15, -0.1) is 0 Å². The van der Waals surface area contributed by atoms with Crippen LogP contribution >= 0.6 is 11.6 Å². The molecule has 0 aliphatic heterocycles. The fourth-order valence-electron chi connectivity index (χ4n) is 3.05. The van der Waals surface area contributed by atoms with Crippen molar-refractivity contribution in [1.29, 1.82) is 0 Å². The standard InChI is InChI=1S/C17H20ClN3O/c1-20(13-7-3-2-4-8-13)16(22)11-10-14-17(18)19-15-9-5-6-12-21(14)15/h5-6,9-13H,2-4,7-8H2,1H3/b11-10+. The first-order valence-electron chi connectivity index (χ1n) is 7.74. The van der Waals surface area contributed by atoms with Crippen LogP contribution in [-0.2, 0) is 4.79 Å². The van der Waals surface area contributed by atoms with Crippen LogP contribution in [0.4, 0.5) is 0 Å². The number of hydrogen-bond acceptors (Lipinski definition) is 2. The Morgan fingerprint density at radius 2 is 2.14 bits per heavy atom. The molecule has 1 amide bonds. The van der Waals surface area contributed by atoms with Gasteiger partial charge >= 0.3 is 0 Å². The smallest absolute Gasteiger partial charge is 0.246 e. The van der Waals surface area contributed by atoms with Gasteiger partial charge in [0.05, 0.1) is 5.69 Å². The summed E-state index contributed by atoms with van der Waals surface area (Å²) in [6.07, 6.45) is 11.2. The Kier molecular flexibility index (Phi) is 4.48. The molecule has 0 aromatic carbocycles. The maximum atomic E-state index is 12.4. The van der Waals surface area contributed by atoms with Gasteiger partial charge in [0.15, 0.2) is 5.15 Å². The van der Waals surface area contributed by atoms with Gasteiger partial charge in [-0.2, -0.15) is 0 Å². The number of hydrogen-bond donors (Lipinski definition) is 0. The molecule has 0 atom stereocenters. The topological polar surface area (TPSA) is 37.6 Å². The molecule has 2 heterocycles. The lowest BCUT2D eigenvalue weighted by molar-refractivity contribution is -0.127. The molecule has 3 rings (SSSR count). The Morgan fingerprint density at radius 3 is 2.91 bits per heavy atom. The summed E-state index contributed by atoms with van der Waals surface area (Å²) in [5, 5.41) is 0.413. The molecule has 0 spiro atoms. The van der Waals surface area contributed by atoms with Crippen molar-refractivity contribution in [2.24, 2.45) is 0 Å². The first-order chi connectivity index (χ1) is 10.7. The van der Waals surface area contributed by atoms with Crippen molar-refractivity contribution in [2.75, 3.05) is 7.05 Å². The molecule has 22 heavy (non-hydrogen) atoms. The van der Waals surface area contributed by atoms with E-state index in [0.717, 1.165) is 24.2 Å². The van der Waals surface area contributed by atoms with Gasteiger partial charge in [0.1, 0.15) is 5.65 Å². The third-order valence-electron chi connectivity index (χ3n) is 4.38. The summed E-state index contributed by atoms with van der Waals surface area (Å²) in [6.45, 7) is 0. The Bertz CT molecular complexity index is 701. The molecule has 2 aromatic rings. The van der Waals surface area contributed by atoms with E-state index in [9.17, 15) is 4.79 Å². The number of carbonyl (C=O) groups is 1. The van der Waals surface area contributed by atoms with Gasteiger partial charge in [-0.25, -0.2) is 4.98 Å². The SMILES string of the molecule is CN(C(=O)/C=C/c1c(Cl)nc2ccccn12)C1CCCCC1. The quantitative estimate of drug-likeness (QED) is 0.808. The zero-order valence-corrected chi connectivity index (χ0v) is 13.5. The lowest BCUT2D eigenvalue weighted by atomic mass is 9.94. The third kappa shape index (κ3) is 3.02. The number of imidazole rings is 1. The van der Waals surface area contributed by atoms with Crippen LogP contribution in [0.2, 0.25) is 5.15 Å². The van der Waals surface area contributed by atoms with Gasteiger partial charge in [0.25, 0.3) is 0 Å². The number of aromatic nitrogens is 2. The predicted octanol–water partition coefficient (Wildman–Crippen LogP) is 3.79. The molecule has 0 saturated heterocycles. The van der Waals surface area contributed by atoms with E-state index in [0.29, 0.717) is 11.2 Å². The molecule has 0 bridgehead atoms. The normalized spacial score (nSPS) is 16.5. The third-order valence-corrected chi connectivity index (χ3v) is 4.65. The first-order valence-corrected chi connectivity index (χ1v) is 8.12. The number of halogens is 1. The maximum Gasteiger partial charge on any atom is 0.246 e. The highest BCUT2D eigenvalue weighted by molar-refractivity contribution is 6.31. The summed E-state index contributed by atoms with van der Waals surface area (Å²) in [5.41, 5.74) is 1.52. The van der Waals surface area contributed by atoms with Gasteiger partial charge in [-0.05, 0) is 31.1 Å². The van der Waals surface area contributed by atoms with Crippen molar-refractivity contribution in [2.45, 2.75) is 38.1 Å². The molecule has 4 nitrogen and oxygen atoms in total. The minimum atomic E-state index is 0.0221. The van der Waals surface area contributed by atoms with E-state index >= 15 is 0 Å². The van der Waals surface area contributed by atoms with Gasteiger partial charge in [0.2, 0.25) is 5.91 Å². The van der Waals surface area contributed by atoms with Crippen LogP contribution in [0.3, 0.4) is 0 Å². The van der Waals surface area contributed by atoms with Crippen molar-refractivity contribution in [1.82, 2.24) is 14.3 Å². The van der Waals surface area contributed by atoms with Crippen molar-refractivity contribution >= 4 is 29.2 Å². The van der Waals surface area contributed by atoms with Crippen LogP contribution in [0, 0.1) is 0 Å². The molecule has 5 heteroatoms. The molecular weight excluding hydrogens is 298 g/mol. The van der Waals surface area contributed by atoms with Gasteiger partial charge in [-0.1, -0.05) is 36.9 Å². The summed E-state index contributed by atoms with van der Waals surface area (Å²) in [7, 11) is 1.89. The second-order valence-corrected chi connectivity index (χ2v) is 6.15. The Labute approximate surface area is 135 Å². The highest BCUT2D eigenvalue weighted by Crippen LogP contribution is 2.22. The lowest BCUT2D eigenvalue weighted by Gasteiger charge is -2.30. The Morgan fingerprint density at radius 1 is 1.36 bits per heavy atom. The fourth-order valence-corrected chi connectivity index (χ4v) is 3.29. The lowest BCUT2D eigenvalue weighted by Crippen LogP contribution is -2.37. The van der Waals surface area contributed by atoms with E-state index in [1.807, 2.05) is 40.7 Å². The molecule has 1 fully saturated rings. The molecule has 1 aliphatic carbocycles. The highest BCUT2D eigenvalue weighted by Gasteiger charge is 2.20. The van der Waals surface area contributed by atoms with E-state index in [4.69, 9.17) is 11.6 Å². The van der Waals surface area contributed by atoms with Crippen LogP contribution in [0.15, 0.2) is 30.5 Å². The largest absolute Gasteiger partial charge is 0.339 e. The number of fused-ring (bicyclic) bond motifs is 1. The van der Waals surface area contributed by atoms with Crippen LogP contribution in [0.1, 0.15) is 37.8 Å². The number of carbonyl (C=O) groups excluding carboxylic acids is 1. The van der Waals surface area contributed by atoms with Crippen LogP contribution < -0.4 is 0 Å². The molecule has 0 unspecified atom stereocenters. The average Bonchev–Trinajstić information content (AvgIpc) is 2.88. The number of likely N-dealkylation sites (N-methyl/N-ethyl adjacent to an activating group) is 1. The summed E-state index contributed by atoms with van der Waals surface area (Å²) in [5.74, 6) is 0.0221. The molecule has 0 radical (unpaired) electrons. The van der Waals surface area contributed by atoms with Crippen molar-refractivity contribution in [3.05, 3.63) is 41.3 Å². The van der Waals surface area contributed by atoms with Gasteiger partial charge < -0.3 is 4.90 Å². The zero-order valence-electron chi connectivity index (χ0n) is 12.7. The number of amides is 1. The molecule has 1 saturated carbocycles. The van der Waals surface area contributed by atoms with E-state index in [-0.39, 0.29) is 5.91 Å². The van der Waals surface area contributed by atoms with Crippen molar-refractivity contribution < 1.29 is 4.79 Å². The zero-order chi connectivity index (χ0) is 15.5.